The summed E-state index contributed by atoms with van der Waals surface area (Å²) in [5.74, 6) is 0. The van der Waals surface area contributed by atoms with Crippen LogP contribution in [0.1, 0.15) is 12.1 Å². The zero-order valence-corrected chi connectivity index (χ0v) is 13.2. The lowest BCUT2D eigenvalue weighted by molar-refractivity contribution is 0.232. The van der Waals surface area contributed by atoms with Crippen molar-refractivity contribution in [3.63, 3.8) is 0 Å². The minimum atomic E-state index is 0.0849. The van der Waals surface area contributed by atoms with Crippen molar-refractivity contribution >= 4 is 0 Å². The highest BCUT2D eigenvalue weighted by molar-refractivity contribution is 5.32. The van der Waals surface area contributed by atoms with Crippen molar-refractivity contribution in [1.82, 2.24) is 19.6 Å². The van der Waals surface area contributed by atoms with E-state index in [2.05, 4.69) is 10.2 Å². The van der Waals surface area contributed by atoms with Gasteiger partial charge >= 0.3 is 0 Å². The average molecular weight is 300 g/mol. The van der Waals surface area contributed by atoms with Gasteiger partial charge < -0.3 is 10.2 Å². The number of hydrogen-bond acceptors (Lipinski definition) is 3. The lowest BCUT2D eigenvalue weighted by atomic mass is 10.3. The van der Waals surface area contributed by atoms with E-state index in [4.69, 9.17) is 0 Å². The molecule has 0 radical (unpaired) electrons. The molecule has 0 aliphatic carbocycles. The molecule has 1 aliphatic rings. The minimum Gasteiger partial charge on any atom is -0.314 e. The first-order chi connectivity index (χ1) is 10.8. The van der Waals surface area contributed by atoms with Gasteiger partial charge in [-0.1, -0.05) is 18.2 Å². The average Bonchev–Trinajstić information content (AvgIpc) is 2.83. The van der Waals surface area contributed by atoms with E-state index in [0.29, 0.717) is 0 Å². The van der Waals surface area contributed by atoms with Crippen LogP contribution in [0.3, 0.4) is 0 Å². The summed E-state index contributed by atoms with van der Waals surface area (Å²) in [6.07, 6.45) is 0.996. The summed E-state index contributed by atoms with van der Waals surface area (Å²) in [4.78, 5) is 14.7. The summed E-state index contributed by atoms with van der Waals surface area (Å²) >= 11 is 0. The Balaban J connectivity index is 1.72. The Morgan fingerprint density at radius 1 is 1.09 bits per heavy atom. The number of nitrogens with zero attached hydrogens (tertiary/aromatic N) is 3. The largest absolute Gasteiger partial charge is 0.314 e. The van der Waals surface area contributed by atoms with E-state index >= 15 is 0 Å². The second-order valence-corrected chi connectivity index (χ2v) is 5.84. The third kappa shape index (κ3) is 3.31. The molecule has 0 saturated carbocycles. The summed E-state index contributed by atoms with van der Waals surface area (Å²) in [6.45, 7) is 8.14. The van der Waals surface area contributed by atoms with Gasteiger partial charge in [-0.3, -0.25) is 9.48 Å². The molecule has 0 amide bonds. The first kappa shape index (κ1) is 15.1. The zero-order chi connectivity index (χ0) is 15.4. The van der Waals surface area contributed by atoms with Gasteiger partial charge in [0.25, 0.3) is 5.56 Å². The molecule has 118 valence electrons. The SMILES string of the molecule is Cc1cc(=O)n(CCCN2CCNCC2)n1-c1ccccc1. The predicted octanol–water partition coefficient (Wildman–Crippen LogP) is 1.24. The van der Waals surface area contributed by atoms with Crippen LogP contribution >= 0.6 is 0 Å². The third-order valence-electron chi connectivity index (χ3n) is 4.22. The van der Waals surface area contributed by atoms with Crippen molar-refractivity contribution in [2.75, 3.05) is 32.7 Å². The van der Waals surface area contributed by atoms with Crippen LogP contribution < -0.4 is 10.9 Å². The Bertz CT molecular complexity index is 653. The van der Waals surface area contributed by atoms with E-state index in [1.54, 1.807) is 6.07 Å². The molecule has 0 unspecified atom stereocenters. The van der Waals surface area contributed by atoms with E-state index < -0.39 is 0 Å². The van der Waals surface area contributed by atoms with Crippen LogP contribution in [-0.2, 0) is 6.54 Å². The molecule has 1 aliphatic heterocycles. The van der Waals surface area contributed by atoms with Gasteiger partial charge in [-0.2, -0.15) is 0 Å². The molecule has 1 N–H and O–H groups in total. The first-order valence-electron chi connectivity index (χ1n) is 8.03. The number of nitrogens with one attached hydrogen (secondary N) is 1. The van der Waals surface area contributed by atoms with Gasteiger partial charge in [0.2, 0.25) is 0 Å². The molecule has 22 heavy (non-hydrogen) atoms. The highest BCUT2D eigenvalue weighted by Crippen LogP contribution is 2.10. The molecule has 0 atom stereocenters. The van der Waals surface area contributed by atoms with Crippen LogP contribution in [0, 0.1) is 6.92 Å². The molecule has 1 fully saturated rings. The van der Waals surface area contributed by atoms with E-state index in [-0.39, 0.29) is 5.56 Å². The van der Waals surface area contributed by atoms with Crippen LogP contribution in [0.2, 0.25) is 0 Å². The van der Waals surface area contributed by atoms with Crippen LogP contribution in [0.5, 0.6) is 0 Å². The molecule has 5 nitrogen and oxygen atoms in total. The van der Waals surface area contributed by atoms with Crippen LogP contribution in [0.4, 0.5) is 0 Å². The summed E-state index contributed by atoms with van der Waals surface area (Å²) in [5, 5.41) is 3.36. The molecule has 2 heterocycles. The molecule has 1 aromatic carbocycles. The Morgan fingerprint density at radius 2 is 1.82 bits per heavy atom. The normalized spacial score (nSPS) is 16.0. The molecule has 1 aromatic heterocycles. The van der Waals surface area contributed by atoms with E-state index in [1.807, 2.05) is 46.6 Å². The van der Waals surface area contributed by atoms with Crippen molar-refractivity contribution in [3.8, 4) is 5.69 Å². The fourth-order valence-electron chi connectivity index (χ4n) is 3.10. The van der Waals surface area contributed by atoms with Gasteiger partial charge in [-0.05, 0) is 25.5 Å². The van der Waals surface area contributed by atoms with E-state index in [1.165, 1.54) is 0 Å². The van der Waals surface area contributed by atoms with Gasteiger partial charge in [0, 0.05) is 51.0 Å². The zero-order valence-electron chi connectivity index (χ0n) is 13.2. The molecular formula is C17H24N4O. The molecule has 3 rings (SSSR count). The number of hydrogen-bond donors (Lipinski definition) is 1. The van der Waals surface area contributed by atoms with Crippen molar-refractivity contribution in [3.05, 3.63) is 52.4 Å². The van der Waals surface area contributed by atoms with E-state index in [0.717, 1.165) is 57.1 Å². The van der Waals surface area contributed by atoms with Gasteiger partial charge in [0.05, 0.1) is 5.69 Å². The lowest BCUT2D eigenvalue weighted by Crippen LogP contribution is -2.44. The highest BCUT2D eigenvalue weighted by atomic mass is 16.1. The molecule has 0 spiro atoms. The van der Waals surface area contributed by atoms with Gasteiger partial charge in [-0.25, -0.2) is 4.68 Å². The smallest absolute Gasteiger partial charge is 0.267 e. The standard InChI is InChI=1S/C17H24N4O/c1-15-14-17(22)20(21(15)16-6-3-2-4-7-16)11-5-10-19-12-8-18-9-13-19/h2-4,6-7,14,18H,5,8-13H2,1H3. The summed E-state index contributed by atoms with van der Waals surface area (Å²) in [5.41, 5.74) is 2.12. The number of rotatable bonds is 5. The second-order valence-electron chi connectivity index (χ2n) is 5.84. The Hall–Kier alpha value is -1.85. The monoisotopic (exact) mass is 300 g/mol. The Morgan fingerprint density at radius 3 is 2.55 bits per heavy atom. The number of aryl methyl sites for hydroxylation is 1. The molecular weight excluding hydrogens is 276 g/mol. The lowest BCUT2D eigenvalue weighted by Gasteiger charge is -2.27. The number of benzene rings is 1. The fraction of sp³-hybridized carbons (Fsp3) is 0.471. The number of aromatic nitrogens is 2. The summed E-state index contributed by atoms with van der Waals surface area (Å²) in [7, 11) is 0. The van der Waals surface area contributed by atoms with Crippen molar-refractivity contribution < 1.29 is 0 Å². The van der Waals surface area contributed by atoms with Crippen molar-refractivity contribution in [2.45, 2.75) is 19.9 Å². The van der Waals surface area contributed by atoms with Crippen LogP contribution in [-0.4, -0.2) is 47.0 Å². The van der Waals surface area contributed by atoms with Crippen molar-refractivity contribution in [2.24, 2.45) is 0 Å². The maximum Gasteiger partial charge on any atom is 0.267 e. The quantitative estimate of drug-likeness (QED) is 0.903. The molecule has 1 saturated heterocycles. The van der Waals surface area contributed by atoms with Crippen molar-refractivity contribution in [1.29, 1.82) is 0 Å². The Kier molecular flexibility index (Phi) is 4.75. The minimum absolute atomic E-state index is 0.0849. The van der Waals surface area contributed by atoms with Crippen LogP contribution in [0.25, 0.3) is 5.69 Å². The Labute approximate surface area is 131 Å². The van der Waals surface area contributed by atoms with Gasteiger partial charge in [0.1, 0.15) is 0 Å². The van der Waals surface area contributed by atoms with Crippen LogP contribution in [0.15, 0.2) is 41.2 Å². The first-order valence-corrected chi connectivity index (χ1v) is 8.03. The maximum atomic E-state index is 12.2. The number of piperazine rings is 1. The van der Waals surface area contributed by atoms with Gasteiger partial charge in [0.15, 0.2) is 0 Å². The predicted molar refractivity (Wildman–Crippen MR) is 88.7 cm³/mol. The maximum absolute atomic E-state index is 12.2. The second kappa shape index (κ2) is 6.94. The van der Waals surface area contributed by atoms with E-state index in [9.17, 15) is 4.79 Å². The highest BCUT2D eigenvalue weighted by Gasteiger charge is 2.12. The topological polar surface area (TPSA) is 42.2 Å². The van der Waals surface area contributed by atoms with Gasteiger partial charge in [-0.15, -0.1) is 0 Å². The number of para-hydroxylation sites is 1. The summed E-state index contributed by atoms with van der Waals surface area (Å²) in [6, 6.07) is 11.8. The molecule has 0 bridgehead atoms. The fourth-order valence-corrected chi connectivity index (χ4v) is 3.10. The molecule has 2 aromatic rings. The molecule has 5 heteroatoms. The summed E-state index contributed by atoms with van der Waals surface area (Å²) < 4.78 is 3.88. The third-order valence-corrected chi connectivity index (χ3v) is 4.22.